The number of carbonyl (C=O) groups excluding carboxylic acids is 1. The monoisotopic (exact) mass is 293 g/mol. The van der Waals surface area contributed by atoms with Crippen molar-refractivity contribution in [2.24, 2.45) is 5.73 Å². The maximum atomic E-state index is 11.0. The molecule has 3 N–H and O–H groups in total. The first-order valence-corrected chi connectivity index (χ1v) is 7.06. The molecule has 1 amide bonds. The number of benzene rings is 1. The Morgan fingerprint density at radius 2 is 2.20 bits per heavy atom. The molecular weight excluding hydrogens is 278 g/mol. The van der Waals surface area contributed by atoms with Crippen molar-refractivity contribution in [1.29, 1.82) is 0 Å². The van der Waals surface area contributed by atoms with Crippen LogP contribution in [0.3, 0.4) is 0 Å². The quantitative estimate of drug-likeness (QED) is 0.784. The van der Waals surface area contributed by atoms with Gasteiger partial charge >= 0.3 is 5.97 Å². The molecule has 0 bridgehead atoms. The van der Waals surface area contributed by atoms with Gasteiger partial charge in [-0.05, 0) is 18.6 Å². The van der Waals surface area contributed by atoms with Gasteiger partial charge in [0.15, 0.2) is 5.16 Å². The Bertz CT molecular complexity index is 666. The van der Waals surface area contributed by atoms with Gasteiger partial charge in [-0.1, -0.05) is 23.9 Å². The normalized spacial score (nSPS) is 10.8. The van der Waals surface area contributed by atoms with E-state index in [4.69, 9.17) is 10.8 Å². The van der Waals surface area contributed by atoms with Gasteiger partial charge in [-0.25, -0.2) is 4.98 Å². The number of para-hydroxylation sites is 1. The molecule has 0 spiro atoms. The van der Waals surface area contributed by atoms with E-state index >= 15 is 0 Å². The molecule has 0 radical (unpaired) electrons. The second-order valence-electron chi connectivity index (χ2n) is 4.39. The number of rotatable bonds is 6. The van der Waals surface area contributed by atoms with Crippen LogP contribution in [0.2, 0.25) is 0 Å². The number of nitrogens with two attached hydrogens (primary N) is 1. The van der Waals surface area contributed by atoms with Crippen LogP contribution in [0.1, 0.15) is 12.0 Å². The SMILES string of the molecule is Cc1cccc2nc(SCC(=O)O)n(CCC(N)=O)c12. The lowest BCUT2D eigenvalue weighted by molar-refractivity contribution is -0.134. The predicted molar refractivity (Wildman–Crippen MR) is 76.6 cm³/mol. The molecule has 0 fully saturated rings. The third kappa shape index (κ3) is 3.11. The largest absolute Gasteiger partial charge is 0.481 e. The van der Waals surface area contributed by atoms with Gasteiger partial charge in [-0.3, -0.25) is 9.59 Å². The molecule has 1 heterocycles. The van der Waals surface area contributed by atoms with Crippen molar-refractivity contribution in [3.8, 4) is 0 Å². The molecule has 0 atom stereocenters. The summed E-state index contributed by atoms with van der Waals surface area (Å²) in [6.45, 7) is 2.36. The number of hydrogen-bond acceptors (Lipinski definition) is 4. The Kier molecular flexibility index (Phi) is 4.29. The van der Waals surface area contributed by atoms with Crippen LogP contribution in [-0.4, -0.2) is 32.3 Å². The van der Waals surface area contributed by atoms with Crippen LogP contribution in [0.5, 0.6) is 0 Å². The summed E-state index contributed by atoms with van der Waals surface area (Å²) in [7, 11) is 0. The number of aryl methyl sites for hydroxylation is 2. The molecule has 0 saturated heterocycles. The number of carboxylic acid groups (broad SMARTS) is 1. The highest BCUT2D eigenvalue weighted by atomic mass is 32.2. The van der Waals surface area contributed by atoms with Gasteiger partial charge in [0, 0.05) is 13.0 Å². The van der Waals surface area contributed by atoms with Gasteiger partial charge in [0.1, 0.15) is 0 Å². The van der Waals surface area contributed by atoms with E-state index < -0.39 is 11.9 Å². The minimum absolute atomic E-state index is 0.0705. The maximum absolute atomic E-state index is 11.0. The van der Waals surface area contributed by atoms with Gasteiger partial charge in [-0.2, -0.15) is 0 Å². The Balaban J connectivity index is 2.43. The number of imidazole rings is 1. The van der Waals surface area contributed by atoms with Gasteiger partial charge in [0.05, 0.1) is 16.8 Å². The molecular formula is C13H15N3O3S. The number of primary amides is 1. The summed E-state index contributed by atoms with van der Waals surface area (Å²) in [4.78, 5) is 26.1. The average molecular weight is 293 g/mol. The molecule has 6 nitrogen and oxygen atoms in total. The van der Waals surface area contributed by atoms with E-state index in [2.05, 4.69) is 4.98 Å². The Morgan fingerprint density at radius 1 is 1.45 bits per heavy atom. The first-order valence-electron chi connectivity index (χ1n) is 6.08. The number of nitrogens with zero attached hydrogens (tertiary/aromatic N) is 2. The van der Waals surface area contributed by atoms with Crippen molar-refractivity contribution in [3.63, 3.8) is 0 Å². The molecule has 0 saturated carbocycles. The number of aliphatic carboxylic acids is 1. The van der Waals surface area contributed by atoms with E-state index in [0.717, 1.165) is 28.4 Å². The first kappa shape index (κ1) is 14.4. The summed E-state index contributed by atoms with van der Waals surface area (Å²) in [5.41, 5.74) is 7.93. The smallest absolute Gasteiger partial charge is 0.313 e. The molecule has 1 aromatic carbocycles. The van der Waals surface area contributed by atoms with E-state index in [1.807, 2.05) is 29.7 Å². The minimum atomic E-state index is -0.903. The zero-order valence-corrected chi connectivity index (χ0v) is 11.8. The molecule has 106 valence electrons. The van der Waals surface area contributed by atoms with Crippen LogP contribution in [0.25, 0.3) is 11.0 Å². The van der Waals surface area contributed by atoms with Crippen molar-refractivity contribution < 1.29 is 14.7 Å². The maximum Gasteiger partial charge on any atom is 0.313 e. The first-order chi connectivity index (χ1) is 9.49. The van der Waals surface area contributed by atoms with Crippen LogP contribution < -0.4 is 5.73 Å². The highest BCUT2D eigenvalue weighted by Gasteiger charge is 2.14. The van der Waals surface area contributed by atoms with E-state index in [9.17, 15) is 9.59 Å². The molecule has 0 unspecified atom stereocenters. The topological polar surface area (TPSA) is 98.2 Å². The summed E-state index contributed by atoms with van der Waals surface area (Å²) in [6.07, 6.45) is 0.195. The lowest BCUT2D eigenvalue weighted by Crippen LogP contribution is -2.14. The number of carbonyl (C=O) groups is 2. The lowest BCUT2D eigenvalue weighted by Gasteiger charge is -2.08. The predicted octanol–water partition coefficient (Wildman–Crippen LogP) is 1.40. The Labute approximate surface area is 120 Å². The molecule has 2 rings (SSSR count). The van der Waals surface area contributed by atoms with Crippen molar-refractivity contribution in [2.75, 3.05) is 5.75 Å². The summed E-state index contributed by atoms with van der Waals surface area (Å²) < 4.78 is 1.86. The number of carboxylic acids is 1. The highest BCUT2D eigenvalue weighted by Crippen LogP contribution is 2.26. The van der Waals surface area contributed by atoms with Gasteiger partial charge in [0.25, 0.3) is 0 Å². The number of thioether (sulfide) groups is 1. The average Bonchev–Trinajstić information content (AvgIpc) is 2.73. The van der Waals surface area contributed by atoms with E-state index in [1.54, 1.807) is 0 Å². The molecule has 2 aromatic rings. The molecule has 7 heteroatoms. The summed E-state index contributed by atoms with van der Waals surface area (Å²) in [5, 5.41) is 9.38. The number of amides is 1. The fraction of sp³-hybridized carbons (Fsp3) is 0.308. The van der Waals surface area contributed by atoms with Crippen LogP contribution in [0, 0.1) is 6.92 Å². The van der Waals surface area contributed by atoms with Gasteiger partial charge in [0.2, 0.25) is 5.91 Å². The van der Waals surface area contributed by atoms with Crippen LogP contribution >= 0.6 is 11.8 Å². The van der Waals surface area contributed by atoms with E-state index in [-0.39, 0.29) is 12.2 Å². The number of fused-ring (bicyclic) bond motifs is 1. The fourth-order valence-electron chi connectivity index (χ4n) is 2.01. The number of hydrogen-bond donors (Lipinski definition) is 2. The van der Waals surface area contributed by atoms with Crippen LogP contribution in [0.4, 0.5) is 0 Å². The standard InChI is InChI=1S/C13H15N3O3S/c1-8-3-2-4-9-12(8)16(6-5-10(14)17)13(15-9)20-7-11(18)19/h2-4H,5-7H2,1H3,(H2,14,17)(H,18,19). The zero-order valence-electron chi connectivity index (χ0n) is 11.0. The lowest BCUT2D eigenvalue weighted by atomic mass is 10.2. The molecule has 0 aliphatic heterocycles. The highest BCUT2D eigenvalue weighted by molar-refractivity contribution is 7.99. The third-order valence-electron chi connectivity index (χ3n) is 2.84. The minimum Gasteiger partial charge on any atom is -0.481 e. The fourth-order valence-corrected chi connectivity index (χ4v) is 2.76. The van der Waals surface area contributed by atoms with Gasteiger partial charge in [-0.15, -0.1) is 0 Å². The second kappa shape index (κ2) is 5.96. The molecule has 0 aliphatic carbocycles. The summed E-state index contributed by atoms with van der Waals surface area (Å²) >= 11 is 1.14. The molecule has 1 aromatic heterocycles. The zero-order chi connectivity index (χ0) is 14.7. The Hall–Kier alpha value is -2.02. The van der Waals surface area contributed by atoms with Gasteiger partial charge < -0.3 is 15.4 Å². The summed E-state index contributed by atoms with van der Waals surface area (Å²) in [6, 6.07) is 5.72. The van der Waals surface area contributed by atoms with Crippen molar-refractivity contribution >= 4 is 34.7 Å². The van der Waals surface area contributed by atoms with Crippen molar-refractivity contribution in [2.45, 2.75) is 25.0 Å². The van der Waals surface area contributed by atoms with Crippen molar-refractivity contribution in [1.82, 2.24) is 9.55 Å². The molecule has 20 heavy (non-hydrogen) atoms. The van der Waals surface area contributed by atoms with Crippen LogP contribution in [0.15, 0.2) is 23.4 Å². The third-order valence-corrected chi connectivity index (χ3v) is 3.80. The second-order valence-corrected chi connectivity index (χ2v) is 5.33. The number of aromatic nitrogens is 2. The van der Waals surface area contributed by atoms with Crippen molar-refractivity contribution in [3.05, 3.63) is 23.8 Å². The summed E-state index contributed by atoms with van der Waals surface area (Å²) in [5.74, 6) is -1.37. The van der Waals surface area contributed by atoms with Crippen LogP contribution in [-0.2, 0) is 16.1 Å². The van der Waals surface area contributed by atoms with E-state index in [0.29, 0.717) is 11.7 Å². The Morgan fingerprint density at radius 3 is 2.85 bits per heavy atom. The van der Waals surface area contributed by atoms with E-state index in [1.165, 1.54) is 0 Å². The molecule has 0 aliphatic rings.